The highest BCUT2D eigenvalue weighted by Gasteiger charge is 2.07. The molecule has 1 N–H and O–H groups in total. The van der Waals surface area contributed by atoms with Gasteiger partial charge in [0.15, 0.2) is 0 Å². The van der Waals surface area contributed by atoms with Gasteiger partial charge in [-0.15, -0.1) is 11.3 Å². The zero-order valence-electron chi connectivity index (χ0n) is 7.61. The Morgan fingerprint density at radius 3 is 2.85 bits per heavy atom. The van der Waals surface area contributed by atoms with Gasteiger partial charge < -0.3 is 4.98 Å². The third kappa shape index (κ3) is 1.62. The van der Waals surface area contributed by atoms with E-state index >= 15 is 0 Å². The largest absolute Gasteiger partial charge is 0.343 e. The average molecular weight is 193 g/mol. The van der Waals surface area contributed by atoms with Crippen LogP contribution in [0, 0.1) is 0 Å². The normalized spacial score (nSPS) is 11.0. The zero-order valence-corrected chi connectivity index (χ0v) is 8.43. The topological polar surface area (TPSA) is 41.6 Å². The van der Waals surface area contributed by atoms with Gasteiger partial charge in [-0.2, -0.15) is 0 Å². The van der Waals surface area contributed by atoms with Crippen molar-refractivity contribution in [3.8, 4) is 11.4 Å². The van der Waals surface area contributed by atoms with Crippen LogP contribution in [0.2, 0.25) is 0 Å². The molecule has 2 heterocycles. The molecule has 0 saturated carbocycles. The molecular weight excluding hydrogens is 182 g/mol. The molecule has 0 radical (unpaired) electrons. The van der Waals surface area contributed by atoms with E-state index in [2.05, 4.69) is 34.2 Å². The summed E-state index contributed by atoms with van der Waals surface area (Å²) in [6.45, 7) is 4.30. The highest BCUT2D eigenvalue weighted by atomic mass is 32.1. The van der Waals surface area contributed by atoms with Crippen LogP contribution in [0.3, 0.4) is 0 Å². The molecule has 68 valence electrons. The van der Waals surface area contributed by atoms with Gasteiger partial charge in [0.25, 0.3) is 0 Å². The molecule has 2 aromatic rings. The number of aromatic nitrogens is 3. The first kappa shape index (κ1) is 8.44. The van der Waals surface area contributed by atoms with Gasteiger partial charge in [0.1, 0.15) is 0 Å². The minimum absolute atomic E-state index is 0.502. The summed E-state index contributed by atoms with van der Waals surface area (Å²) in [5.74, 6) is 0.502. The predicted octanol–water partition coefficient (Wildman–Crippen LogP) is 2.66. The fourth-order valence-corrected chi connectivity index (χ4v) is 1.91. The maximum atomic E-state index is 4.50. The second-order valence-electron chi connectivity index (χ2n) is 3.19. The van der Waals surface area contributed by atoms with Gasteiger partial charge in [0, 0.05) is 11.3 Å². The lowest BCUT2D eigenvalue weighted by Crippen LogP contribution is -1.85. The summed E-state index contributed by atoms with van der Waals surface area (Å²) < 4.78 is 0. The number of nitrogens with zero attached hydrogens (tertiary/aromatic N) is 2. The molecule has 0 aliphatic carbocycles. The molecule has 0 fully saturated rings. The Morgan fingerprint density at radius 1 is 1.46 bits per heavy atom. The summed E-state index contributed by atoms with van der Waals surface area (Å²) >= 11 is 1.70. The second kappa shape index (κ2) is 3.30. The van der Waals surface area contributed by atoms with Gasteiger partial charge in [-0.3, -0.25) is 0 Å². The van der Waals surface area contributed by atoms with Crippen LogP contribution in [0.1, 0.15) is 24.8 Å². The van der Waals surface area contributed by atoms with E-state index in [-0.39, 0.29) is 0 Å². The molecule has 0 amide bonds. The van der Waals surface area contributed by atoms with E-state index in [0.717, 1.165) is 11.4 Å². The van der Waals surface area contributed by atoms with Crippen molar-refractivity contribution < 1.29 is 0 Å². The van der Waals surface area contributed by atoms with Crippen LogP contribution in [-0.4, -0.2) is 15.0 Å². The molecule has 0 spiro atoms. The van der Waals surface area contributed by atoms with Crippen LogP contribution in [0.5, 0.6) is 0 Å². The number of rotatable bonds is 2. The van der Waals surface area contributed by atoms with E-state index in [9.17, 15) is 0 Å². The standard InChI is InChI=1S/C9H11N3S/c1-6(2)9-12-8(4-13-9)7-3-10-5-11-7/h3-6H,1-2H3,(H,10,11). The van der Waals surface area contributed by atoms with Crippen molar-refractivity contribution >= 4 is 11.3 Å². The Hall–Kier alpha value is -1.16. The molecular formula is C9H11N3S. The third-order valence-electron chi connectivity index (χ3n) is 1.79. The lowest BCUT2D eigenvalue weighted by Gasteiger charge is -1.95. The molecule has 3 nitrogen and oxygen atoms in total. The molecule has 0 unspecified atom stereocenters. The van der Waals surface area contributed by atoms with E-state index in [4.69, 9.17) is 0 Å². The van der Waals surface area contributed by atoms with Crippen LogP contribution >= 0.6 is 11.3 Å². The van der Waals surface area contributed by atoms with Gasteiger partial charge in [0.2, 0.25) is 0 Å². The second-order valence-corrected chi connectivity index (χ2v) is 4.08. The van der Waals surface area contributed by atoms with E-state index in [1.807, 2.05) is 0 Å². The van der Waals surface area contributed by atoms with Gasteiger partial charge >= 0.3 is 0 Å². The van der Waals surface area contributed by atoms with Crippen LogP contribution < -0.4 is 0 Å². The number of hydrogen-bond donors (Lipinski definition) is 1. The van der Waals surface area contributed by atoms with Crippen molar-refractivity contribution in [3.63, 3.8) is 0 Å². The summed E-state index contributed by atoms with van der Waals surface area (Å²) in [6.07, 6.45) is 3.46. The van der Waals surface area contributed by atoms with Crippen molar-refractivity contribution in [2.45, 2.75) is 19.8 Å². The molecule has 0 atom stereocenters. The summed E-state index contributed by atoms with van der Waals surface area (Å²) in [4.78, 5) is 11.5. The molecule has 2 aromatic heterocycles. The predicted molar refractivity (Wildman–Crippen MR) is 53.8 cm³/mol. The van der Waals surface area contributed by atoms with Crippen LogP contribution in [0.4, 0.5) is 0 Å². The highest BCUT2D eigenvalue weighted by Crippen LogP contribution is 2.24. The van der Waals surface area contributed by atoms with Crippen molar-refractivity contribution in [3.05, 3.63) is 22.9 Å². The lowest BCUT2D eigenvalue weighted by molar-refractivity contribution is 0.853. The summed E-state index contributed by atoms with van der Waals surface area (Å²) in [5, 5.41) is 3.23. The lowest BCUT2D eigenvalue weighted by atomic mass is 10.2. The molecule has 0 aromatic carbocycles. The molecule has 0 aliphatic heterocycles. The fourth-order valence-electron chi connectivity index (χ4n) is 1.07. The molecule has 2 rings (SSSR count). The van der Waals surface area contributed by atoms with Crippen molar-refractivity contribution in [1.82, 2.24) is 15.0 Å². The van der Waals surface area contributed by atoms with Crippen molar-refractivity contribution in [2.24, 2.45) is 0 Å². The zero-order chi connectivity index (χ0) is 9.26. The Kier molecular flexibility index (Phi) is 2.14. The number of nitrogens with one attached hydrogen (secondary N) is 1. The quantitative estimate of drug-likeness (QED) is 0.796. The minimum atomic E-state index is 0.502. The van der Waals surface area contributed by atoms with E-state index < -0.39 is 0 Å². The number of hydrogen-bond acceptors (Lipinski definition) is 3. The van der Waals surface area contributed by atoms with E-state index in [1.54, 1.807) is 23.9 Å². The maximum Gasteiger partial charge on any atom is 0.0993 e. The van der Waals surface area contributed by atoms with Crippen LogP contribution in [0.15, 0.2) is 17.9 Å². The number of aromatic amines is 1. The summed E-state index contributed by atoms with van der Waals surface area (Å²) in [5.41, 5.74) is 1.98. The Bertz CT molecular complexity index is 375. The van der Waals surface area contributed by atoms with Crippen molar-refractivity contribution in [1.29, 1.82) is 0 Å². The first-order chi connectivity index (χ1) is 6.27. The first-order valence-electron chi connectivity index (χ1n) is 4.21. The molecule has 13 heavy (non-hydrogen) atoms. The van der Waals surface area contributed by atoms with E-state index in [1.165, 1.54) is 5.01 Å². The number of H-pyrrole nitrogens is 1. The van der Waals surface area contributed by atoms with Crippen molar-refractivity contribution in [2.75, 3.05) is 0 Å². The summed E-state index contributed by atoms with van der Waals surface area (Å²) in [7, 11) is 0. The van der Waals surface area contributed by atoms with Gasteiger partial charge in [-0.25, -0.2) is 9.97 Å². The first-order valence-corrected chi connectivity index (χ1v) is 5.09. The van der Waals surface area contributed by atoms with Gasteiger partial charge in [-0.05, 0) is 0 Å². The van der Waals surface area contributed by atoms with E-state index in [0.29, 0.717) is 5.92 Å². The number of thiazole rings is 1. The molecule has 4 heteroatoms. The van der Waals surface area contributed by atoms with Crippen LogP contribution in [-0.2, 0) is 0 Å². The SMILES string of the molecule is CC(C)c1nc(-c2cnc[nH]2)cs1. The van der Waals surface area contributed by atoms with Gasteiger partial charge in [-0.1, -0.05) is 13.8 Å². The Labute approximate surface area is 80.9 Å². The molecule has 0 bridgehead atoms. The maximum absolute atomic E-state index is 4.50. The monoisotopic (exact) mass is 193 g/mol. The average Bonchev–Trinajstić information content (AvgIpc) is 2.75. The Morgan fingerprint density at radius 2 is 2.31 bits per heavy atom. The summed E-state index contributed by atoms with van der Waals surface area (Å²) in [6, 6.07) is 0. The van der Waals surface area contributed by atoms with Gasteiger partial charge in [0.05, 0.1) is 28.9 Å². The molecule has 0 saturated heterocycles. The fraction of sp³-hybridized carbons (Fsp3) is 0.333. The number of imidazole rings is 1. The highest BCUT2D eigenvalue weighted by molar-refractivity contribution is 7.10. The minimum Gasteiger partial charge on any atom is -0.343 e. The molecule has 0 aliphatic rings. The smallest absolute Gasteiger partial charge is 0.0993 e. The third-order valence-corrected chi connectivity index (χ3v) is 2.94. The van der Waals surface area contributed by atoms with Crippen LogP contribution in [0.25, 0.3) is 11.4 Å². The Balaban J connectivity index is 2.33.